The van der Waals surface area contributed by atoms with Gasteiger partial charge in [0.2, 0.25) is 11.3 Å². The molecular formula is C9H9F6NO. The Morgan fingerprint density at radius 3 is 1.76 bits per heavy atom. The van der Waals surface area contributed by atoms with Crippen molar-refractivity contribution in [3.63, 3.8) is 0 Å². The summed E-state index contributed by atoms with van der Waals surface area (Å²) in [4.78, 5) is 13.8. The minimum Gasteiger partial charge on any atom is -0.273 e. The molecule has 0 saturated carbocycles. The quantitative estimate of drug-likeness (QED) is 0.667. The topological polar surface area (TPSA) is 29.4 Å². The summed E-state index contributed by atoms with van der Waals surface area (Å²) in [5, 5.41) is 0. The van der Waals surface area contributed by atoms with Crippen LogP contribution in [0.1, 0.15) is 20.3 Å². The van der Waals surface area contributed by atoms with E-state index in [-0.39, 0.29) is 0 Å². The number of halogens is 6. The molecule has 2 nitrogen and oxygen atoms in total. The maximum Gasteiger partial charge on any atom is 0.408 e. The molecule has 0 bridgehead atoms. The lowest BCUT2D eigenvalue weighted by atomic mass is 9.75. The van der Waals surface area contributed by atoms with E-state index >= 15 is 0 Å². The highest BCUT2D eigenvalue weighted by atomic mass is 19.4. The first-order valence-corrected chi connectivity index (χ1v) is 4.69. The molecule has 0 aromatic heterocycles. The van der Waals surface area contributed by atoms with Gasteiger partial charge in [0.15, 0.2) is 0 Å². The highest BCUT2D eigenvalue weighted by Gasteiger charge is 2.75. The number of rotatable bonds is 1. The third kappa shape index (κ3) is 1.93. The number of carbonyl (C=O) groups excluding carboxylic acids is 1. The molecular weight excluding hydrogens is 252 g/mol. The highest BCUT2D eigenvalue weighted by molar-refractivity contribution is 6.08. The molecule has 17 heavy (non-hydrogen) atoms. The van der Waals surface area contributed by atoms with Crippen molar-refractivity contribution < 1.29 is 31.1 Å². The summed E-state index contributed by atoms with van der Waals surface area (Å²) in [5.74, 6) is -2.49. The Balaban J connectivity index is 3.47. The van der Waals surface area contributed by atoms with Gasteiger partial charge in [0, 0.05) is 5.71 Å². The largest absolute Gasteiger partial charge is 0.408 e. The Kier molecular flexibility index (Phi) is 3.05. The van der Waals surface area contributed by atoms with Crippen molar-refractivity contribution >= 4 is 11.6 Å². The molecule has 1 heterocycles. The minimum atomic E-state index is -5.58. The normalized spacial score (nSPS) is 21.0. The van der Waals surface area contributed by atoms with Crippen LogP contribution in [0.15, 0.2) is 4.99 Å². The first-order valence-electron chi connectivity index (χ1n) is 4.69. The van der Waals surface area contributed by atoms with Crippen molar-refractivity contribution in [3.8, 4) is 0 Å². The van der Waals surface area contributed by atoms with Crippen LogP contribution in [0, 0.1) is 11.3 Å². The Morgan fingerprint density at radius 2 is 1.53 bits per heavy atom. The van der Waals surface area contributed by atoms with Crippen LogP contribution in [-0.2, 0) is 4.79 Å². The van der Waals surface area contributed by atoms with E-state index < -0.39 is 41.7 Å². The molecule has 0 N–H and O–H groups in total. The van der Waals surface area contributed by atoms with Gasteiger partial charge in [-0.15, -0.1) is 0 Å². The predicted molar refractivity (Wildman–Crippen MR) is 46.4 cm³/mol. The predicted octanol–water partition coefficient (Wildman–Crippen LogP) is 3.12. The lowest BCUT2D eigenvalue weighted by Crippen LogP contribution is -2.55. The molecule has 0 fully saturated rings. The maximum absolute atomic E-state index is 12.7. The molecule has 1 aliphatic rings. The lowest BCUT2D eigenvalue weighted by Gasteiger charge is -2.35. The Morgan fingerprint density at radius 1 is 1.12 bits per heavy atom. The molecule has 0 aromatic rings. The third-order valence-electron chi connectivity index (χ3n) is 2.61. The molecule has 98 valence electrons. The molecule has 8 heteroatoms. The van der Waals surface area contributed by atoms with Crippen LogP contribution < -0.4 is 0 Å². The van der Waals surface area contributed by atoms with Gasteiger partial charge in [0.1, 0.15) is 0 Å². The standard InChI is InChI=1S/C9H9F6NO/c1-4(2)6-7(8(10,11)12,9(13,14)15)3-5(17)16-6/h4H,3H2,1-2H3. The zero-order valence-electron chi connectivity index (χ0n) is 8.91. The highest BCUT2D eigenvalue weighted by Crippen LogP contribution is 2.57. The summed E-state index contributed by atoms with van der Waals surface area (Å²) in [5.41, 5.74) is -5.27. The summed E-state index contributed by atoms with van der Waals surface area (Å²) in [6.45, 7) is 2.29. The molecule has 0 saturated heterocycles. The van der Waals surface area contributed by atoms with Gasteiger partial charge in [-0.3, -0.25) is 4.79 Å². The number of hydrogen-bond donors (Lipinski definition) is 0. The first kappa shape index (κ1) is 14.0. The smallest absolute Gasteiger partial charge is 0.273 e. The van der Waals surface area contributed by atoms with Gasteiger partial charge in [0.05, 0.1) is 6.42 Å². The van der Waals surface area contributed by atoms with Gasteiger partial charge >= 0.3 is 12.4 Å². The second-order valence-corrected chi connectivity index (χ2v) is 4.12. The van der Waals surface area contributed by atoms with E-state index in [1.165, 1.54) is 0 Å². The van der Waals surface area contributed by atoms with Crippen LogP contribution in [0.2, 0.25) is 0 Å². The fourth-order valence-electron chi connectivity index (χ4n) is 1.86. The van der Waals surface area contributed by atoms with Gasteiger partial charge < -0.3 is 0 Å². The van der Waals surface area contributed by atoms with Gasteiger partial charge in [-0.2, -0.15) is 26.3 Å². The molecule has 0 radical (unpaired) electrons. The average Bonchev–Trinajstić information content (AvgIpc) is 2.41. The zero-order valence-corrected chi connectivity index (χ0v) is 8.91. The molecule has 1 aliphatic heterocycles. The fraction of sp³-hybridized carbons (Fsp3) is 0.778. The van der Waals surface area contributed by atoms with Crippen molar-refractivity contribution in [1.82, 2.24) is 0 Å². The van der Waals surface area contributed by atoms with Crippen molar-refractivity contribution in [2.75, 3.05) is 0 Å². The number of nitrogens with zero attached hydrogens (tertiary/aromatic N) is 1. The number of carbonyl (C=O) groups is 1. The second-order valence-electron chi connectivity index (χ2n) is 4.12. The van der Waals surface area contributed by atoms with E-state index in [4.69, 9.17) is 0 Å². The van der Waals surface area contributed by atoms with E-state index in [2.05, 4.69) is 4.99 Å². The monoisotopic (exact) mass is 261 g/mol. The SMILES string of the molecule is CC(C)C1=NC(=O)CC1(C(F)(F)F)C(F)(F)F. The van der Waals surface area contributed by atoms with Crippen molar-refractivity contribution in [1.29, 1.82) is 0 Å². The molecule has 0 atom stereocenters. The molecule has 1 rings (SSSR count). The average molecular weight is 261 g/mol. The summed E-state index contributed by atoms with van der Waals surface area (Å²) in [6.07, 6.45) is -12.9. The van der Waals surface area contributed by atoms with Crippen LogP contribution in [0.25, 0.3) is 0 Å². The van der Waals surface area contributed by atoms with Gasteiger partial charge in [-0.1, -0.05) is 13.8 Å². The van der Waals surface area contributed by atoms with Crippen molar-refractivity contribution in [2.24, 2.45) is 16.3 Å². The lowest BCUT2D eigenvalue weighted by molar-refractivity contribution is -0.311. The number of aliphatic imine (C=N–C) groups is 1. The van der Waals surface area contributed by atoms with E-state index in [0.717, 1.165) is 13.8 Å². The van der Waals surface area contributed by atoms with Crippen molar-refractivity contribution in [3.05, 3.63) is 0 Å². The minimum absolute atomic E-state index is 1.11. The van der Waals surface area contributed by atoms with Crippen molar-refractivity contribution in [2.45, 2.75) is 32.6 Å². The summed E-state index contributed by atoms with van der Waals surface area (Å²) < 4.78 is 76.5. The van der Waals surface area contributed by atoms with Crippen LogP contribution >= 0.6 is 0 Å². The Labute approximate surface area is 92.7 Å². The molecule has 1 amide bonds. The van der Waals surface area contributed by atoms with Crippen LogP contribution in [-0.4, -0.2) is 24.0 Å². The molecule has 0 aromatic carbocycles. The maximum atomic E-state index is 12.7. The summed E-state index contributed by atoms with van der Waals surface area (Å²) in [7, 11) is 0. The fourth-order valence-corrected chi connectivity index (χ4v) is 1.86. The number of amides is 1. The van der Waals surface area contributed by atoms with Gasteiger partial charge in [-0.25, -0.2) is 4.99 Å². The summed E-state index contributed by atoms with van der Waals surface area (Å²) in [6, 6.07) is 0. The Hall–Kier alpha value is -1.08. The molecule has 0 spiro atoms. The van der Waals surface area contributed by atoms with Crippen LogP contribution in [0.4, 0.5) is 26.3 Å². The summed E-state index contributed by atoms with van der Waals surface area (Å²) >= 11 is 0. The molecule has 0 unspecified atom stereocenters. The second kappa shape index (κ2) is 3.71. The first-order chi connectivity index (χ1) is 7.43. The van der Waals surface area contributed by atoms with Gasteiger partial charge in [-0.05, 0) is 5.92 Å². The van der Waals surface area contributed by atoms with E-state index in [9.17, 15) is 31.1 Å². The van der Waals surface area contributed by atoms with Crippen LogP contribution in [0.5, 0.6) is 0 Å². The van der Waals surface area contributed by atoms with Crippen LogP contribution in [0.3, 0.4) is 0 Å². The van der Waals surface area contributed by atoms with Gasteiger partial charge in [0.25, 0.3) is 0 Å². The number of alkyl halides is 6. The number of hydrogen-bond acceptors (Lipinski definition) is 1. The van der Waals surface area contributed by atoms with E-state index in [1.807, 2.05) is 0 Å². The van der Waals surface area contributed by atoms with E-state index in [1.54, 1.807) is 0 Å². The third-order valence-corrected chi connectivity index (χ3v) is 2.61. The zero-order chi connectivity index (χ0) is 13.6. The van der Waals surface area contributed by atoms with E-state index in [0.29, 0.717) is 0 Å². The molecule has 0 aliphatic carbocycles. The Bertz CT molecular complexity index is 351.